The number of carboxylic acid groups (broad SMARTS) is 1. The minimum Gasteiger partial charge on any atom is -0.479 e. The molecule has 1 aromatic carbocycles. The number of rotatable bonds is 4. The summed E-state index contributed by atoms with van der Waals surface area (Å²) in [5, 5.41) is 15.7. The molecule has 1 aromatic heterocycles. The topological polar surface area (TPSA) is 93.5 Å². The predicted molar refractivity (Wildman–Crippen MR) is 77.7 cm³/mol. The lowest BCUT2D eigenvalue weighted by molar-refractivity contribution is -0.150. The Hall–Kier alpha value is -2.67. The second-order valence-electron chi connectivity index (χ2n) is 5.02. The highest BCUT2D eigenvalue weighted by Gasteiger charge is 2.34. The molecule has 7 nitrogen and oxygen atoms in total. The first kappa shape index (κ1) is 14.3. The molecule has 1 aliphatic rings. The van der Waals surface area contributed by atoms with E-state index in [1.165, 1.54) is 0 Å². The molecule has 0 spiro atoms. The SMILES string of the molecule is O=C(Nc1ccc(-n2cccn2)cc1)[C@@H]1CC[C@H](C(=O)O)O1. The fourth-order valence-corrected chi connectivity index (χ4v) is 2.35. The molecular formula is C15H15N3O4. The van der Waals surface area contributed by atoms with Crippen LogP contribution in [0.3, 0.4) is 0 Å². The fraction of sp³-hybridized carbons (Fsp3) is 0.267. The van der Waals surface area contributed by atoms with E-state index >= 15 is 0 Å². The molecule has 1 amide bonds. The minimum atomic E-state index is -1.03. The number of aliphatic carboxylic acids is 1. The summed E-state index contributed by atoms with van der Waals surface area (Å²) >= 11 is 0. The maximum absolute atomic E-state index is 12.0. The molecule has 1 saturated heterocycles. The van der Waals surface area contributed by atoms with E-state index in [1.54, 1.807) is 23.0 Å². The molecule has 0 aliphatic carbocycles. The van der Waals surface area contributed by atoms with Crippen LogP contribution < -0.4 is 5.32 Å². The summed E-state index contributed by atoms with van der Waals surface area (Å²) in [6.07, 6.45) is 2.67. The lowest BCUT2D eigenvalue weighted by atomic mass is 10.2. The van der Waals surface area contributed by atoms with Crippen LogP contribution in [-0.4, -0.2) is 39.0 Å². The molecule has 1 fully saturated rings. The smallest absolute Gasteiger partial charge is 0.332 e. The van der Waals surface area contributed by atoms with Crippen LogP contribution in [0.1, 0.15) is 12.8 Å². The second kappa shape index (κ2) is 5.98. The van der Waals surface area contributed by atoms with Gasteiger partial charge in [-0.15, -0.1) is 0 Å². The zero-order valence-corrected chi connectivity index (χ0v) is 11.7. The molecule has 3 rings (SSSR count). The normalized spacial score (nSPS) is 20.7. The molecule has 7 heteroatoms. The van der Waals surface area contributed by atoms with Crippen LogP contribution in [0.25, 0.3) is 5.69 Å². The molecule has 1 aliphatic heterocycles. The molecule has 22 heavy (non-hydrogen) atoms. The summed E-state index contributed by atoms with van der Waals surface area (Å²) in [6, 6.07) is 9.01. The number of anilines is 1. The van der Waals surface area contributed by atoms with Crippen LogP contribution in [-0.2, 0) is 14.3 Å². The first-order valence-corrected chi connectivity index (χ1v) is 6.93. The third-order valence-electron chi connectivity index (χ3n) is 3.49. The van der Waals surface area contributed by atoms with Crippen LogP contribution in [0.15, 0.2) is 42.7 Å². The van der Waals surface area contributed by atoms with Crippen molar-refractivity contribution in [3.63, 3.8) is 0 Å². The van der Waals surface area contributed by atoms with Gasteiger partial charge in [-0.1, -0.05) is 0 Å². The van der Waals surface area contributed by atoms with E-state index in [-0.39, 0.29) is 5.91 Å². The van der Waals surface area contributed by atoms with E-state index in [0.29, 0.717) is 18.5 Å². The van der Waals surface area contributed by atoms with Crippen molar-refractivity contribution in [3.05, 3.63) is 42.7 Å². The summed E-state index contributed by atoms with van der Waals surface area (Å²) in [5.74, 6) is -1.35. The third-order valence-corrected chi connectivity index (χ3v) is 3.49. The van der Waals surface area contributed by atoms with Crippen molar-refractivity contribution >= 4 is 17.6 Å². The lowest BCUT2D eigenvalue weighted by Gasteiger charge is -2.12. The number of nitrogens with zero attached hydrogens (tertiary/aromatic N) is 2. The largest absolute Gasteiger partial charge is 0.479 e. The minimum absolute atomic E-state index is 0.324. The monoisotopic (exact) mass is 301 g/mol. The van der Waals surface area contributed by atoms with E-state index in [4.69, 9.17) is 9.84 Å². The highest BCUT2D eigenvalue weighted by molar-refractivity contribution is 5.94. The van der Waals surface area contributed by atoms with Gasteiger partial charge in [0.15, 0.2) is 6.10 Å². The number of benzene rings is 1. The van der Waals surface area contributed by atoms with Gasteiger partial charge in [-0.2, -0.15) is 5.10 Å². The summed E-state index contributed by atoms with van der Waals surface area (Å²) in [6.45, 7) is 0. The molecule has 2 heterocycles. The first-order chi connectivity index (χ1) is 10.6. The van der Waals surface area contributed by atoms with Crippen LogP contribution in [0.2, 0.25) is 0 Å². The van der Waals surface area contributed by atoms with Crippen LogP contribution in [0.4, 0.5) is 5.69 Å². The van der Waals surface area contributed by atoms with Crippen molar-refractivity contribution in [2.24, 2.45) is 0 Å². The van der Waals surface area contributed by atoms with Crippen molar-refractivity contribution < 1.29 is 19.4 Å². The van der Waals surface area contributed by atoms with E-state index in [9.17, 15) is 9.59 Å². The zero-order chi connectivity index (χ0) is 15.5. The number of hydrogen-bond acceptors (Lipinski definition) is 4. The van der Waals surface area contributed by atoms with Gasteiger partial charge in [0.05, 0.1) is 5.69 Å². The van der Waals surface area contributed by atoms with Gasteiger partial charge in [0.1, 0.15) is 6.10 Å². The van der Waals surface area contributed by atoms with Gasteiger partial charge >= 0.3 is 5.97 Å². The predicted octanol–water partition coefficient (Wildman–Crippen LogP) is 1.44. The third kappa shape index (κ3) is 2.99. The average Bonchev–Trinajstić information content (AvgIpc) is 3.20. The Morgan fingerprint density at radius 1 is 1.23 bits per heavy atom. The summed E-state index contributed by atoms with van der Waals surface area (Å²) in [7, 11) is 0. The summed E-state index contributed by atoms with van der Waals surface area (Å²) in [4.78, 5) is 22.9. The van der Waals surface area contributed by atoms with Crippen LogP contribution >= 0.6 is 0 Å². The second-order valence-corrected chi connectivity index (χ2v) is 5.02. The molecule has 2 atom stereocenters. The van der Waals surface area contributed by atoms with Gasteiger partial charge in [0.25, 0.3) is 5.91 Å². The zero-order valence-electron chi connectivity index (χ0n) is 11.7. The number of nitrogens with one attached hydrogen (secondary N) is 1. The molecule has 0 radical (unpaired) electrons. The van der Waals surface area contributed by atoms with Gasteiger partial charge < -0.3 is 15.2 Å². The Labute approximate surface area is 126 Å². The Balaban J connectivity index is 1.61. The van der Waals surface area contributed by atoms with Crippen LogP contribution in [0, 0.1) is 0 Å². The lowest BCUT2D eigenvalue weighted by Crippen LogP contribution is -2.29. The number of amides is 1. The van der Waals surface area contributed by atoms with E-state index in [2.05, 4.69) is 10.4 Å². The van der Waals surface area contributed by atoms with Crippen molar-refractivity contribution in [1.82, 2.24) is 9.78 Å². The van der Waals surface area contributed by atoms with Gasteiger partial charge in [-0.05, 0) is 43.2 Å². The number of carboxylic acids is 1. The van der Waals surface area contributed by atoms with E-state index in [1.807, 2.05) is 24.4 Å². The van der Waals surface area contributed by atoms with Crippen molar-refractivity contribution in [1.29, 1.82) is 0 Å². The van der Waals surface area contributed by atoms with Gasteiger partial charge in [-0.25, -0.2) is 9.48 Å². The first-order valence-electron chi connectivity index (χ1n) is 6.93. The van der Waals surface area contributed by atoms with Crippen molar-refractivity contribution in [3.8, 4) is 5.69 Å². The summed E-state index contributed by atoms with van der Waals surface area (Å²) < 4.78 is 6.93. The molecule has 0 unspecified atom stereocenters. The quantitative estimate of drug-likeness (QED) is 0.891. The number of aromatic nitrogens is 2. The van der Waals surface area contributed by atoms with Crippen molar-refractivity contribution in [2.75, 3.05) is 5.32 Å². The molecule has 2 N–H and O–H groups in total. The average molecular weight is 301 g/mol. The molecule has 114 valence electrons. The number of hydrogen-bond donors (Lipinski definition) is 2. The molecule has 2 aromatic rings. The Morgan fingerprint density at radius 3 is 2.55 bits per heavy atom. The number of carbonyl (C=O) groups is 2. The van der Waals surface area contributed by atoms with Crippen molar-refractivity contribution in [2.45, 2.75) is 25.0 Å². The van der Waals surface area contributed by atoms with E-state index < -0.39 is 18.2 Å². The number of carbonyl (C=O) groups excluding carboxylic acids is 1. The highest BCUT2D eigenvalue weighted by Crippen LogP contribution is 2.21. The van der Waals surface area contributed by atoms with Gasteiger partial charge in [0, 0.05) is 18.1 Å². The number of ether oxygens (including phenoxy) is 1. The Bertz CT molecular complexity index is 667. The fourth-order valence-electron chi connectivity index (χ4n) is 2.35. The maximum atomic E-state index is 12.0. The van der Waals surface area contributed by atoms with E-state index in [0.717, 1.165) is 5.69 Å². The standard InChI is InChI=1S/C15H15N3O4/c19-14(12-6-7-13(22-12)15(20)21)17-10-2-4-11(5-3-10)18-9-1-8-16-18/h1-5,8-9,12-13H,6-7H2,(H,17,19)(H,20,21)/t12-,13+/m0/s1. The Morgan fingerprint density at radius 2 is 1.95 bits per heavy atom. The molecule has 0 saturated carbocycles. The molecular weight excluding hydrogens is 286 g/mol. The maximum Gasteiger partial charge on any atom is 0.332 e. The van der Waals surface area contributed by atoms with Crippen LogP contribution in [0.5, 0.6) is 0 Å². The summed E-state index contributed by atoms with van der Waals surface area (Å²) in [5.41, 5.74) is 1.51. The van der Waals surface area contributed by atoms with Gasteiger partial charge in [-0.3, -0.25) is 4.79 Å². The molecule has 0 bridgehead atoms. The highest BCUT2D eigenvalue weighted by atomic mass is 16.5. The van der Waals surface area contributed by atoms with Gasteiger partial charge in [0.2, 0.25) is 0 Å². The Kier molecular flexibility index (Phi) is 3.88.